The van der Waals surface area contributed by atoms with Crippen LogP contribution in [0.25, 0.3) is 0 Å². The quantitative estimate of drug-likeness (QED) is 0.850. The molecule has 1 aromatic carbocycles. The fourth-order valence-corrected chi connectivity index (χ4v) is 2.11. The summed E-state index contributed by atoms with van der Waals surface area (Å²) in [5, 5.41) is 8.85. The van der Waals surface area contributed by atoms with Crippen LogP contribution in [0.1, 0.15) is 17.5 Å². The first-order chi connectivity index (χ1) is 10.6. The van der Waals surface area contributed by atoms with E-state index in [4.69, 9.17) is 5.11 Å². The standard InChI is InChI=1S/C17H18N2O3/c20-16(12-14-4-2-1-3-5-14)19(11-8-17(21)22)13-15-6-9-18-10-7-15/h1-7,9-10H,8,11-13H2,(H,21,22). The molecule has 0 radical (unpaired) electrons. The van der Waals surface area contributed by atoms with Crippen molar-refractivity contribution >= 4 is 11.9 Å². The number of benzene rings is 1. The lowest BCUT2D eigenvalue weighted by Crippen LogP contribution is -2.33. The average Bonchev–Trinajstić information content (AvgIpc) is 2.53. The van der Waals surface area contributed by atoms with E-state index >= 15 is 0 Å². The predicted molar refractivity (Wildman–Crippen MR) is 82.1 cm³/mol. The molecule has 0 bridgehead atoms. The number of hydrogen-bond acceptors (Lipinski definition) is 3. The second-order valence-corrected chi connectivity index (χ2v) is 4.98. The maximum absolute atomic E-state index is 12.4. The SMILES string of the molecule is O=C(O)CCN(Cc1ccncc1)C(=O)Cc1ccccc1. The van der Waals surface area contributed by atoms with Crippen LogP contribution < -0.4 is 0 Å². The number of aliphatic carboxylic acids is 1. The number of carboxylic acids is 1. The Morgan fingerprint density at radius 2 is 1.68 bits per heavy atom. The van der Waals surface area contributed by atoms with Gasteiger partial charge in [-0.15, -0.1) is 0 Å². The van der Waals surface area contributed by atoms with Crippen LogP contribution in [0.15, 0.2) is 54.9 Å². The van der Waals surface area contributed by atoms with Crippen molar-refractivity contribution in [3.05, 3.63) is 66.0 Å². The van der Waals surface area contributed by atoms with Crippen LogP contribution in [0.4, 0.5) is 0 Å². The van der Waals surface area contributed by atoms with Crippen molar-refractivity contribution in [2.24, 2.45) is 0 Å². The van der Waals surface area contributed by atoms with Crippen molar-refractivity contribution in [1.29, 1.82) is 0 Å². The number of amides is 1. The minimum absolute atomic E-state index is 0.0639. The van der Waals surface area contributed by atoms with Gasteiger partial charge in [-0.05, 0) is 23.3 Å². The predicted octanol–water partition coefficient (Wildman–Crippen LogP) is 2.13. The third-order valence-electron chi connectivity index (χ3n) is 3.27. The monoisotopic (exact) mass is 298 g/mol. The molecule has 2 aromatic rings. The van der Waals surface area contributed by atoms with Gasteiger partial charge in [0.2, 0.25) is 5.91 Å². The number of pyridine rings is 1. The Balaban J connectivity index is 2.05. The topological polar surface area (TPSA) is 70.5 Å². The van der Waals surface area contributed by atoms with E-state index in [0.29, 0.717) is 6.54 Å². The summed E-state index contributed by atoms with van der Waals surface area (Å²) in [5.74, 6) is -0.989. The molecule has 0 unspecified atom stereocenters. The van der Waals surface area contributed by atoms with E-state index in [1.807, 2.05) is 42.5 Å². The van der Waals surface area contributed by atoms with Crippen LogP contribution in [0.2, 0.25) is 0 Å². The van der Waals surface area contributed by atoms with E-state index in [9.17, 15) is 9.59 Å². The van der Waals surface area contributed by atoms with E-state index in [-0.39, 0.29) is 25.3 Å². The zero-order valence-electron chi connectivity index (χ0n) is 12.2. The first-order valence-electron chi connectivity index (χ1n) is 7.07. The maximum Gasteiger partial charge on any atom is 0.305 e. The van der Waals surface area contributed by atoms with Gasteiger partial charge < -0.3 is 10.0 Å². The van der Waals surface area contributed by atoms with Gasteiger partial charge in [-0.1, -0.05) is 30.3 Å². The zero-order chi connectivity index (χ0) is 15.8. The summed E-state index contributed by atoms with van der Waals surface area (Å²) in [6.07, 6.45) is 3.52. The summed E-state index contributed by atoms with van der Waals surface area (Å²) < 4.78 is 0. The molecular weight excluding hydrogens is 280 g/mol. The van der Waals surface area contributed by atoms with Gasteiger partial charge in [-0.3, -0.25) is 14.6 Å². The molecule has 5 heteroatoms. The van der Waals surface area contributed by atoms with Gasteiger partial charge in [-0.25, -0.2) is 0 Å². The molecule has 22 heavy (non-hydrogen) atoms. The molecule has 0 saturated heterocycles. The number of nitrogens with zero attached hydrogens (tertiary/aromatic N) is 2. The van der Waals surface area contributed by atoms with Gasteiger partial charge in [0, 0.05) is 25.5 Å². The van der Waals surface area contributed by atoms with Gasteiger partial charge in [0.05, 0.1) is 12.8 Å². The van der Waals surface area contributed by atoms with Crippen LogP contribution in [0.3, 0.4) is 0 Å². The smallest absolute Gasteiger partial charge is 0.305 e. The van der Waals surface area contributed by atoms with Crippen molar-refractivity contribution in [3.63, 3.8) is 0 Å². The highest BCUT2D eigenvalue weighted by Crippen LogP contribution is 2.08. The lowest BCUT2D eigenvalue weighted by molar-refractivity contribution is -0.138. The Morgan fingerprint density at radius 1 is 1.00 bits per heavy atom. The van der Waals surface area contributed by atoms with Crippen molar-refractivity contribution < 1.29 is 14.7 Å². The van der Waals surface area contributed by atoms with Crippen LogP contribution in [0.5, 0.6) is 0 Å². The van der Waals surface area contributed by atoms with Gasteiger partial charge in [-0.2, -0.15) is 0 Å². The number of carbonyl (C=O) groups excluding carboxylic acids is 1. The molecule has 0 atom stereocenters. The van der Waals surface area contributed by atoms with Crippen LogP contribution >= 0.6 is 0 Å². The van der Waals surface area contributed by atoms with Crippen LogP contribution in [-0.2, 0) is 22.6 Å². The first-order valence-corrected chi connectivity index (χ1v) is 7.07. The molecule has 0 fully saturated rings. The normalized spacial score (nSPS) is 10.2. The Labute approximate surface area is 129 Å². The highest BCUT2D eigenvalue weighted by molar-refractivity contribution is 5.79. The Hall–Kier alpha value is -2.69. The molecule has 0 aliphatic heterocycles. The number of rotatable bonds is 7. The lowest BCUT2D eigenvalue weighted by Gasteiger charge is -2.22. The first kappa shape index (κ1) is 15.7. The lowest BCUT2D eigenvalue weighted by atomic mass is 10.1. The van der Waals surface area contributed by atoms with Crippen LogP contribution in [-0.4, -0.2) is 33.4 Å². The molecule has 1 heterocycles. The number of hydrogen-bond donors (Lipinski definition) is 1. The van der Waals surface area contributed by atoms with E-state index in [0.717, 1.165) is 11.1 Å². The van der Waals surface area contributed by atoms with Crippen LogP contribution in [0, 0.1) is 0 Å². The largest absolute Gasteiger partial charge is 0.481 e. The fourth-order valence-electron chi connectivity index (χ4n) is 2.11. The molecule has 1 amide bonds. The summed E-state index contributed by atoms with van der Waals surface area (Å²) in [4.78, 5) is 28.8. The number of carbonyl (C=O) groups is 2. The highest BCUT2D eigenvalue weighted by Gasteiger charge is 2.15. The van der Waals surface area contributed by atoms with Crippen molar-refractivity contribution in [2.45, 2.75) is 19.4 Å². The summed E-state index contributed by atoms with van der Waals surface area (Å²) in [7, 11) is 0. The Morgan fingerprint density at radius 3 is 2.32 bits per heavy atom. The third kappa shape index (κ3) is 5.01. The maximum atomic E-state index is 12.4. The molecule has 0 saturated carbocycles. The summed E-state index contributed by atoms with van der Waals surface area (Å²) in [6.45, 7) is 0.588. The molecular formula is C17H18N2O3. The molecule has 0 aliphatic rings. The summed E-state index contributed by atoms with van der Waals surface area (Å²) in [6, 6.07) is 13.1. The van der Waals surface area contributed by atoms with E-state index < -0.39 is 5.97 Å². The minimum atomic E-state index is -0.910. The second-order valence-electron chi connectivity index (χ2n) is 4.98. The van der Waals surface area contributed by atoms with Crippen molar-refractivity contribution in [2.75, 3.05) is 6.54 Å². The Kier molecular flexibility index (Phi) is 5.65. The highest BCUT2D eigenvalue weighted by atomic mass is 16.4. The third-order valence-corrected chi connectivity index (χ3v) is 3.27. The number of carboxylic acid groups (broad SMARTS) is 1. The van der Waals surface area contributed by atoms with E-state index in [1.165, 1.54) is 0 Å². The van der Waals surface area contributed by atoms with Gasteiger partial charge in [0.1, 0.15) is 0 Å². The van der Waals surface area contributed by atoms with Gasteiger partial charge >= 0.3 is 5.97 Å². The molecule has 1 N–H and O–H groups in total. The van der Waals surface area contributed by atoms with Crippen molar-refractivity contribution in [1.82, 2.24) is 9.88 Å². The Bertz CT molecular complexity index is 614. The van der Waals surface area contributed by atoms with Gasteiger partial charge in [0.15, 0.2) is 0 Å². The molecule has 1 aromatic heterocycles. The van der Waals surface area contributed by atoms with Gasteiger partial charge in [0.25, 0.3) is 0 Å². The average molecular weight is 298 g/mol. The molecule has 2 rings (SSSR count). The molecule has 5 nitrogen and oxygen atoms in total. The van der Waals surface area contributed by atoms with E-state index in [1.54, 1.807) is 17.3 Å². The summed E-state index contributed by atoms with van der Waals surface area (Å²) in [5.41, 5.74) is 1.85. The summed E-state index contributed by atoms with van der Waals surface area (Å²) >= 11 is 0. The minimum Gasteiger partial charge on any atom is -0.481 e. The molecule has 0 spiro atoms. The second kappa shape index (κ2) is 7.93. The molecule has 0 aliphatic carbocycles. The van der Waals surface area contributed by atoms with Crippen molar-refractivity contribution in [3.8, 4) is 0 Å². The number of aromatic nitrogens is 1. The zero-order valence-corrected chi connectivity index (χ0v) is 12.2. The van der Waals surface area contributed by atoms with E-state index in [2.05, 4.69) is 4.98 Å². The fraction of sp³-hybridized carbons (Fsp3) is 0.235. The molecule has 114 valence electrons.